The smallest absolute Gasteiger partial charge is 0.194 e. The second-order valence-electron chi connectivity index (χ2n) is 3.93. The van der Waals surface area contributed by atoms with Crippen LogP contribution < -0.4 is 5.32 Å². The maximum Gasteiger partial charge on any atom is 0.194 e. The zero-order valence-electron chi connectivity index (χ0n) is 10.0. The van der Waals surface area contributed by atoms with E-state index in [-0.39, 0.29) is 6.04 Å². The van der Waals surface area contributed by atoms with E-state index in [0.717, 1.165) is 20.8 Å². The molecule has 1 atom stereocenters. The molecule has 2 aromatic rings. The lowest BCUT2D eigenvalue weighted by molar-refractivity contribution is 0.443. The van der Waals surface area contributed by atoms with Gasteiger partial charge in [0.15, 0.2) is 17.5 Å². The molecule has 0 radical (unpaired) electrons. The third kappa shape index (κ3) is 3.19. The quantitative estimate of drug-likeness (QED) is 0.793. The van der Waals surface area contributed by atoms with Crippen LogP contribution in [0.15, 0.2) is 28.1 Å². The minimum Gasteiger partial charge on any atom is -0.306 e. The first-order valence-electron chi connectivity index (χ1n) is 5.66. The Morgan fingerprint density at radius 1 is 1.21 bits per heavy atom. The predicted octanol–water partition coefficient (Wildman–Crippen LogP) is 4.63. The first kappa shape index (κ1) is 14.6. The van der Waals surface area contributed by atoms with E-state index in [1.54, 1.807) is 0 Å². The Bertz CT molecular complexity index is 562. The minimum atomic E-state index is -1.44. The zero-order valence-corrected chi connectivity index (χ0v) is 12.4. The third-order valence-corrected chi connectivity index (χ3v) is 4.31. The Labute approximate surface area is 121 Å². The molecule has 0 aliphatic heterocycles. The average Bonchev–Trinajstić information content (AvgIpc) is 2.79. The predicted molar refractivity (Wildman–Crippen MR) is 73.9 cm³/mol. The second-order valence-corrected chi connectivity index (χ2v) is 6.43. The van der Waals surface area contributed by atoms with Crippen molar-refractivity contribution in [1.29, 1.82) is 0 Å². The van der Waals surface area contributed by atoms with Crippen LogP contribution in [0.2, 0.25) is 0 Å². The fourth-order valence-electron chi connectivity index (χ4n) is 1.81. The van der Waals surface area contributed by atoms with Gasteiger partial charge in [0.25, 0.3) is 0 Å². The highest BCUT2D eigenvalue weighted by atomic mass is 79.9. The summed E-state index contributed by atoms with van der Waals surface area (Å²) in [5, 5.41) is 3.14. The van der Waals surface area contributed by atoms with Crippen LogP contribution in [-0.2, 0) is 0 Å². The van der Waals surface area contributed by atoms with Crippen LogP contribution in [0.4, 0.5) is 13.2 Å². The molecule has 1 aromatic carbocycles. The summed E-state index contributed by atoms with van der Waals surface area (Å²) in [6.45, 7) is 2.52. The molecule has 6 heteroatoms. The molecular weight excluding hydrogens is 339 g/mol. The van der Waals surface area contributed by atoms with E-state index in [2.05, 4.69) is 21.2 Å². The number of rotatable bonds is 4. The van der Waals surface area contributed by atoms with E-state index >= 15 is 0 Å². The molecule has 0 saturated heterocycles. The molecule has 1 unspecified atom stereocenters. The summed E-state index contributed by atoms with van der Waals surface area (Å²) in [6.07, 6.45) is 0. The summed E-state index contributed by atoms with van der Waals surface area (Å²) in [5.41, 5.74) is 0.368. The largest absolute Gasteiger partial charge is 0.306 e. The lowest BCUT2D eigenvalue weighted by Crippen LogP contribution is -2.21. The van der Waals surface area contributed by atoms with E-state index < -0.39 is 17.5 Å². The van der Waals surface area contributed by atoms with Crippen LogP contribution in [0.25, 0.3) is 0 Å². The molecule has 1 aromatic heterocycles. The minimum absolute atomic E-state index is 0.356. The standard InChI is InChI=1S/C13H11BrF3NS/c1-2-18-13(10-3-4-11(14)19-10)7-5-8(15)12(17)9(16)6-7/h3-6,13,18H,2H2,1H3. The van der Waals surface area contributed by atoms with E-state index in [1.165, 1.54) is 11.3 Å². The van der Waals surface area contributed by atoms with Crippen LogP contribution in [0.3, 0.4) is 0 Å². The van der Waals surface area contributed by atoms with Crippen molar-refractivity contribution in [3.63, 3.8) is 0 Å². The van der Waals surface area contributed by atoms with Crippen LogP contribution in [-0.4, -0.2) is 6.54 Å². The lowest BCUT2D eigenvalue weighted by atomic mass is 10.0. The Hall–Kier alpha value is -0.850. The van der Waals surface area contributed by atoms with Crippen molar-refractivity contribution in [3.8, 4) is 0 Å². The molecule has 0 amide bonds. The normalized spacial score (nSPS) is 12.7. The molecule has 0 aliphatic carbocycles. The Kier molecular flexibility index (Phi) is 4.65. The molecule has 0 fully saturated rings. The topological polar surface area (TPSA) is 12.0 Å². The summed E-state index contributed by atoms with van der Waals surface area (Å²) in [5.74, 6) is -3.78. The number of thiophene rings is 1. The summed E-state index contributed by atoms with van der Waals surface area (Å²) in [6, 6.07) is 5.42. The molecule has 2 rings (SSSR count). The lowest BCUT2D eigenvalue weighted by Gasteiger charge is -2.17. The molecule has 1 nitrogen and oxygen atoms in total. The monoisotopic (exact) mass is 349 g/mol. The zero-order chi connectivity index (χ0) is 14.0. The van der Waals surface area contributed by atoms with Gasteiger partial charge >= 0.3 is 0 Å². The van der Waals surface area contributed by atoms with E-state index in [4.69, 9.17) is 0 Å². The maximum absolute atomic E-state index is 13.3. The van der Waals surface area contributed by atoms with Crippen molar-refractivity contribution < 1.29 is 13.2 Å². The Morgan fingerprint density at radius 3 is 2.32 bits per heavy atom. The van der Waals surface area contributed by atoms with E-state index in [9.17, 15) is 13.2 Å². The third-order valence-electron chi connectivity index (χ3n) is 2.63. The van der Waals surface area contributed by atoms with Crippen LogP contribution >= 0.6 is 27.3 Å². The van der Waals surface area contributed by atoms with Gasteiger partial charge in [-0.1, -0.05) is 6.92 Å². The van der Waals surface area contributed by atoms with Gasteiger partial charge in [0.1, 0.15) is 0 Å². The highest BCUT2D eigenvalue weighted by molar-refractivity contribution is 9.11. The first-order valence-corrected chi connectivity index (χ1v) is 7.27. The van der Waals surface area contributed by atoms with Crippen molar-refractivity contribution in [3.05, 3.63) is 55.9 Å². The molecule has 0 bridgehead atoms. The van der Waals surface area contributed by atoms with Gasteiger partial charge < -0.3 is 5.32 Å². The fourth-order valence-corrected chi connectivity index (χ4v) is 3.34. The second kappa shape index (κ2) is 6.07. The molecule has 1 N–H and O–H groups in total. The van der Waals surface area contributed by atoms with Crippen LogP contribution in [0, 0.1) is 17.5 Å². The number of hydrogen-bond acceptors (Lipinski definition) is 2. The summed E-state index contributed by atoms with van der Waals surface area (Å²) in [7, 11) is 0. The van der Waals surface area contributed by atoms with Gasteiger partial charge in [0.05, 0.1) is 9.83 Å². The fraction of sp³-hybridized carbons (Fsp3) is 0.231. The maximum atomic E-state index is 13.3. The number of nitrogens with one attached hydrogen (secondary N) is 1. The van der Waals surface area contributed by atoms with Crippen molar-refractivity contribution >= 4 is 27.3 Å². The number of hydrogen-bond donors (Lipinski definition) is 1. The molecule has 0 spiro atoms. The number of benzene rings is 1. The highest BCUT2D eigenvalue weighted by Gasteiger charge is 2.19. The summed E-state index contributed by atoms with van der Waals surface area (Å²) >= 11 is 4.81. The van der Waals surface area contributed by atoms with E-state index in [0.29, 0.717) is 12.1 Å². The van der Waals surface area contributed by atoms with Gasteiger partial charge in [-0.15, -0.1) is 11.3 Å². The van der Waals surface area contributed by atoms with Gasteiger partial charge in [0.2, 0.25) is 0 Å². The highest BCUT2D eigenvalue weighted by Crippen LogP contribution is 2.32. The molecule has 102 valence electrons. The first-order chi connectivity index (χ1) is 9.02. The number of halogens is 4. The van der Waals surface area contributed by atoms with Gasteiger partial charge in [-0.3, -0.25) is 0 Å². The molecule has 1 heterocycles. The van der Waals surface area contributed by atoms with Gasteiger partial charge in [-0.05, 0) is 52.3 Å². The summed E-state index contributed by atoms with van der Waals surface area (Å²) in [4.78, 5) is 0.902. The van der Waals surface area contributed by atoms with Crippen LogP contribution in [0.5, 0.6) is 0 Å². The van der Waals surface area contributed by atoms with Crippen molar-refractivity contribution in [2.24, 2.45) is 0 Å². The molecular formula is C13H11BrF3NS. The van der Waals surface area contributed by atoms with Crippen molar-refractivity contribution in [1.82, 2.24) is 5.32 Å². The van der Waals surface area contributed by atoms with Gasteiger partial charge in [-0.25, -0.2) is 13.2 Å². The molecule has 0 saturated carbocycles. The van der Waals surface area contributed by atoms with Crippen molar-refractivity contribution in [2.45, 2.75) is 13.0 Å². The molecule has 0 aliphatic rings. The van der Waals surface area contributed by atoms with Gasteiger partial charge in [0, 0.05) is 4.88 Å². The Morgan fingerprint density at radius 2 is 1.84 bits per heavy atom. The average molecular weight is 350 g/mol. The summed E-state index contributed by atoms with van der Waals surface area (Å²) < 4.78 is 40.5. The van der Waals surface area contributed by atoms with Crippen LogP contribution in [0.1, 0.15) is 23.4 Å². The van der Waals surface area contributed by atoms with E-state index in [1.807, 2.05) is 19.1 Å². The molecule has 19 heavy (non-hydrogen) atoms. The van der Waals surface area contributed by atoms with Gasteiger partial charge in [-0.2, -0.15) is 0 Å². The van der Waals surface area contributed by atoms with Crippen molar-refractivity contribution in [2.75, 3.05) is 6.54 Å². The Balaban J connectivity index is 2.44. The SMILES string of the molecule is CCNC(c1cc(F)c(F)c(F)c1)c1ccc(Br)s1.